The first-order chi connectivity index (χ1) is 24.8. The number of carbonyl (C=O) groups excluding carboxylic acids is 4. The Hall–Kier alpha value is -4.33. The number of carboxylic acids is 1. The average Bonchev–Trinajstić information content (AvgIpc) is 3.13. The highest BCUT2D eigenvalue weighted by Gasteiger charge is 2.40. The number of piperidine rings is 1. The van der Waals surface area contributed by atoms with Crippen LogP contribution in [0.15, 0.2) is 60.7 Å². The third-order valence-electron chi connectivity index (χ3n) is 9.23. The van der Waals surface area contributed by atoms with E-state index in [0.717, 1.165) is 18.7 Å². The van der Waals surface area contributed by atoms with Gasteiger partial charge in [-0.05, 0) is 74.6 Å². The highest BCUT2D eigenvalue weighted by molar-refractivity contribution is 5.93. The molecule has 0 bridgehead atoms. The lowest BCUT2D eigenvalue weighted by Gasteiger charge is -2.38. The molecule has 9 N–H and O–H groups in total. The minimum absolute atomic E-state index is 0.0461. The third-order valence-corrected chi connectivity index (χ3v) is 9.23. The van der Waals surface area contributed by atoms with Crippen molar-refractivity contribution in [3.05, 3.63) is 71.8 Å². The maximum atomic E-state index is 13.5. The second-order valence-corrected chi connectivity index (χ2v) is 14.0. The minimum atomic E-state index is -1.38. The number of aliphatic carboxylic acids is 1. The molecule has 0 radical (unpaired) electrons. The molecule has 0 saturated carbocycles. The molecule has 3 rings (SSSR count). The number of nitrogens with one attached hydrogen (secondary N) is 4. The summed E-state index contributed by atoms with van der Waals surface area (Å²) in [6, 6.07) is 17.1. The van der Waals surface area contributed by atoms with Crippen molar-refractivity contribution in [2.24, 2.45) is 17.4 Å². The van der Waals surface area contributed by atoms with E-state index < -0.39 is 41.4 Å². The average molecular weight is 724 g/mol. The molecule has 1 aliphatic heterocycles. The Labute approximate surface area is 309 Å². The maximum absolute atomic E-state index is 13.5. The van der Waals surface area contributed by atoms with Gasteiger partial charge in [-0.25, -0.2) is 0 Å². The van der Waals surface area contributed by atoms with Crippen LogP contribution in [0, 0.1) is 5.92 Å². The van der Waals surface area contributed by atoms with E-state index in [1.807, 2.05) is 44.2 Å². The zero-order valence-corrected chi connectivity index (χ0v) is 31.3. The number of rotatable bonds is 20. The lowest BCUT2D eigenvalue weighted by Crippen LogP contribution is -2.60. The van der Waals surface area contributed by atoms with E-state index in [4.69, 9.17) is 11.5 Å². The Kier molecular flexibility index (Phi) is 19.6. The summed E-state index contributed by atoms with van der Waals surface area (Å²) < 4.78 is 0. The molecule has 52 heavy (non-hydrogen) atoms. The number of carboxylic acid groups (broad SMARTS) is 1. The summed E-state index contributed by atoms with van der Waals surface area (Å²) in [7, 11) is 0. The second-order valence-electron chi connectivity index (χ2n) is 14.0. The molecule has 1 fully saturated rings. The Morgan fingerprint density at radius 3 is 2.00 bits per heavy atom. The van der Waals surface area contributed by atoms with Crippen LogP contribution >= 0.6 is 0 Å². The van der Waals surface area contributed by atoms with Gasteiger partial charge >= 0.3 is 5.97 Å². The minimum Gasteiger partial charge on any atom is -0.480 e. The van der Waals surface area contributed by atoms with Crippen molar-refractivity contribution < 1.29 is 29.1 Å². The van der Waals surface area contributed by atoms with Crippen LogP contribution in [0.25, 0.3) is 0 Å². The van der Waals surface area contributed by atoms with E-state index in [9.17, 15) is 29.1 Å². The van der Waals surface area contributed by atoms with E-state index in [1.54, 1.807) is 0 Å². The van der Waals surface area contributed by atoms with Gasteiger partial charge in [0.1, 0.15) is 23.7 Å². The van der Waals surface area contributed by atoms with Gasteiger partial charge in [0.2, 0.25) is 24.1 Å². The predicted octanol–water partition coefficient (Wildman–Crippen LogP) is 2.29. The lowest BCUT2D eigenvalue weighted by molar-refractivity contribution is -0.148. The molecule has 4 amide bonds. The molecule has 1 saturated heterocycles. The highest BCUT2D eigenvalue weighted by Crippen LogP contribution is 2.21. The van der Waals surface area contributed by atoms with Crippen LogP contribution in [-0.2, 0) is 30.4 Å². The van der Waals surface area contributed by atoms with Crippen LogP contribution in [0.4, 0.5) is 0 Å². The Balaban J connectivity index is 0.000000657. The fraction of sp³-hybridized carbons (Fsp3) is 0.564. The maximum Gasteiger partial charge on any atom is 0.323 e. The molecule has 0 aromatic heterocycles. The number of likely N-dealkylation sites (N-methyl/N-ethyl adjacent to an activating group) is 1. The second kappa shape index (κ2) is 23.3. The number of unbranched alkanes of at least 4 members (excludes halogenated alkanes) is 1. The van der Waals surface area contributed by atoms with Crippen LogP contribution in [-0.4, -0.2) is 96.5 Å². The number of amides is 4. The summed E-state index contributed by atoms with van der Waals surface area (Å²) in [6.45, 7) is 11.1. The number of carbonyl (C=O) groups is 5. The number of likely N-dealkylation sites (tertiary alicyclic amines) is 1. The molecule has 2 aromatic rings. The quantitative estimate of drug-likeness (QED) is 0.0789. The zero-order valence-electron chi connectivity index (χ0n) is 31.3. The van der Waals surface area contributed by atoms with E-state index in [-0.39, 0.29) is 44.2 Å². The molecule has 4 atom stereocenters. The normalized spacial score (nSPS) is 15.9. The van der Waals surface area contributed by atoms with Crippen molar-refractivity contribution in [1.82, 2.24) is 26.2 Å². The first-order valence-electron chi connectivity index (χ1n) is 18.5. The van der Waals surface area contributed by atoms with Crippen molar-refractivity contribution in [3.63, 3.8) is 0 Å². The van der Waals surface area contributed by atoms with Crippen LogP contribution in [0.3, 0.4) is 0 Å². The summed E-state index contributed by atoms with van der Waals surface area (Å²) in [5.74, 6) is -1.78. The van der Waals surface area contributed by atoms with Gasteiger partial charge in [-0.2, -0.15) is 0 Å². The molecule has 13 nitrogen and oxygen atoms in total. The van der Waals surface area contributed by atoms with Gasteiger partial charge in [-0.1, -0.05) is 88.4 Å². The monoisotopic (exact) mass is 723 g/mol. The van der Waals surface area contributed by atoms with E-state index in [0.29, 0.717) is 44.6 Å². The van der Waals surface area contributed by atoms with Crippen LogP contribution in [0.1, 0.15) is 83.3 Å². The van der Waals surface area contributed by atoms with Crippen LogP contribution in [0.2, 0.25) is 0 Å². The van der Waals surface area contributed by atoms with Crippen molar-refractivity contribution in [2.75, 3.05) is 32.7 Å². The van der Waals surface area contributed by atoms with Gasteiger partial charge in [0.15, 0.2) is 0 Å². The Bertz CT molecular complexity index is 1370. The fourth-order valence-corrected chi connectivity index (χ4v) is 5.98. The van der Waals surface area contributed by atoms with Gasteiger partial charge in [0, 0.05) is 26.1 Å². The van der Waals surface area contributed by atoms with Gasteiger partial charge in [-0.15, -0.1) is 0 Å². The number of nitrogens with zero attached hydrogens (tertiary/aromatic N) is 1. The van der Waals surface area contributed by atoms with Gasteiger partial charge < -0.3 is 42.7 Å². The molecule has 288 valence electrons. The van der Waals surface area contributed by atoms with E-state index in [1.165, 1.54) is 10.5 Å². The molecule has 0 aliphatic carbocycles. The SMILES string of the molecule is CC(C)C[C@@H](NC(=O)C(Cc1ccccc1)NC=O)C(=O)NC(CCCCN)C(=O)N1CCC(N)(C(=O)O)CC1.CCNC[C@H](C)c1ccccc1. The molecule has 13 heteroatoms. The molecule has 2 aromatic carbocycles. The van der Waals surface area contributed by atoms with Crippen molar-refractivity contribution in [2.45, 2.75) is 102 Å². The van der Waals surface area contributed by atoms with Gasteiger partial charge in [0.25, 0.3) is 0 Å². The molecule has 2 unspecified atom stereocenters. The van der Waals surface area contributed by atoms with E-state index >= 15 is 0 Å². The molecule has 0 spiro atoms. The topological polar surface area (TPSA) is 209 Å². The van der Waals surface area contributed by atoms with Crippen LogP contribution < -0.4 is 32.7 Å². The van der Waals surface area contributed by atoms with Gasteiger partial charge in [-0.3, -0.25) is 24.0 Å². The summed E-state index contributed by atoms with van der Waals surface area (Å²) in [5, 5.41) is 20.9. The number of benzene rings is 2. The molecule has 1 heterocycles. The Morgan fingerprint density at radius 2 is 1.46 bits per heavy atom. The number of hydrogen-bond acceptors (Lipinski definition) is 8. The highest BCUT2D eigenvalue weighted by atomic mass is 16.4. The largest absolute Gasteiger partial charge is 0.480 e. The smallest absolute Gasteiger partial charge is 0.323 e. The van der Waals surface area contributed by atoms with E-state index in [2.05, 4.69) is 65.4 Å². The summed E-state index contributed by atoms with van der Waals surface area (Å²) in [4.78, 5) is 64.3. The number of nitrogens with two attached hydrogens (primary N) is 2. The first-order valence-corrected chi connectivity index (χ1v) is 18.5. The molecular weight excluding hydrogens is 662 g/mol. The molecular formula is C39H61N7O6. The van der Waals surface area contributed by atoms with Crippen LogP contribution in [0.5, 0.6) is 0 Å². The zero-order chi connectivity index (χ0) is 38.5. The third kappa shape index (κ3) is 15.1. The summed E-state index contributed by atoms with van der Waals surface area (Å²) >= 11 is 0. The standard InChI is InChI=1S/C28H44N6O6.C11H17N/c1-19(2)16-23(33-24(36)22(31-18-35)17-20-8-4-3-5-9-20)25(37)32-21(10-6-7-13-29)26(38)34-14-11-28(30,12-15-34)27(39)40;1-3-12-9-10(2)11-7-5-4-6-8-11/h3-5,8-9,18-19,21-23H,6-7,10-17,29-30H2,1-2H3,(H,31,35)(H,32,37)(H,33,36)(H,39,40);4-8,10,12H,3,9H2,1-2H3/t21?,22?,23-;10-/m10/s1. The fourth-order valence-electron chi connectivity index (χ4n) is 5.98. The summed E-state index contributed by atoms with van der Waals surface area (Å²) in [5.41, 5.74) is 12.5. The number of hydrogen-bond donors (Lipinski definition) is 7. The molecule has 1 aliphatic rings. The van der Waals surface area contributed by atoms with Gasteiger partial charge in [0.05, 0.1) is 0 Å². The Morgan fingerprint density at radius 1 is 0.885 bits per heavy atom. The predicted molar refractivity (Wildman–Crippen MR) is 203 cm³/mol. The summed E-state index contributed by atoms with van der Waals surface area (Å²) in [6.07, 6.45) is 2.84. The lowest BCUT2D eigenvalue weighted by atomic mass is 9.88. The van der Waals surface area contributed by atoms with Crippen molar-refractivity contribution in [3.8, 4) is 0 Å². The van der Waals surface area contributed by atoms with Crippen molar-refractivity contribution >= 4 is 30.1 Å². The first kappa shape index (κ1) is 43.8. The van der Waals surface area contributed by atoms with Crippen molar-refractivity contribution in [1.29, 1.82) is 0 Å².